The summed E-state index contributed by atoms with van der Waals surface area (Å²) < 4.78 is 27.6. The molecule has 96 valence electrons. The summed E-state index contributed by atoms with van der Waals surface area (Å²) in [6.07, 6.45) is 2.46. The molecule has 1 fully saturated rings. The van der Waals surface area contributed by atoms with Gasteiger partial charge < -0.3 is 5.73 Å². The molecule has 1 atom stereocenters. The first-order chi connectivity index (χ1) is 7.52. The van der Waals surface area contributed by atoms with Crippen molar-refractivity contribution in [2.75, 3.05) is 26.2 Å². The lowest BCUT2D eigenvalue weighted by molar-refractivity contribution is 0.357. The molecular weight excluding hydrogens is 226 g/mol. The average Bonchev–Trinajstić information content (AvgIpc) is 2.65. The minimum absolute atomic E-state index is 0.000113. The molecule has 0 aromatic rings. The van der Waals surface area contributed by atoms with Crippen LogP contribution < -0.4 is 5.73 Å². The largest absolute Gasteiger partial charge is 0.326 e. The number of hydrogen-bond acceptors (Lipinski definition) is 3. The van der Waals surface area contributed by atoms with E-state index in [9.17, 15) is 8.42 Å². The van der Waals surface area contributed by atoms with Crippen LogP contribution >= 0.6 is 0 Å². The van der Waals surface area contributed by atoms with Crippen LogP contribution in [0, 0.1) is 0 Å². The molecule has 0 radical (unpaired) electrons. The highest BCUT2D eigenvalue weighted by Gasteiger charge is 2.33. The minimum atomic E-state index is -3.27. The van der Waals surface area contributed by atoms with E-state index in [1.807, 2.05) is 13.8 Å². The number of nitrogens with two attached hydrogens (primary N) is 1. The minimum Gasteiger partial charge on any atom is -0.326 e. The first kappa shape index (κ1) is 13.9. The van der Waals surface area contributed by atoms with Gasteiger partial charge in [-0.2, -0.15) is 17.0 Å². The Morgan fingerprint density at radius 3 is 2.25 bits per heavy atom. The number of rotatable bonds is 6. The quantitative estimate of drug-likeness (QED) is 0.740. The highest BCUT2D eigenvalue weighted by molar-refractivity contribution is 7.86. The van der Waals surface area contributed by atoms with Gasteiger partial charge in [0.25, 0.3) is 10.2 Å². The third kappa shape index (κ3) is 3.16. The second-order valence-electron chi connectivity index (χ2n) is 4.31. The Kier molecular flexibility index (Phi) is 5.17. The summed E-state index contributed by atoms with van der Waals surface area (Å²) in [5.74, 6) is 0. The first-order valence-electron chi connectivity index (χ1n) is 6.03. The predicted octanol–water partition coefficient (Wildman–Crippen LogP) is 0.386. The SMILES string of the molecule is CCCN(CCC)S(=O)(=O)N1CCC(N)C1. The van der Waals surface area contributed by atoms with Crippen molar-refractivity contribution in [1.82, 2.24) is 8.61 Å². The van der Waals surface area contributed by atoms with E-state index in [0.717, 1.165) is 19.3 Å². The maximum absolute atomic E-state index is 12.3. The van der Waals surface area contributed by atoms with Crippen molar-refractivity contribution >= 4 is 10.2 Å². The maximum Gasteiger partial charge on any atom is 0.282 e. The molecule has 0 aromatic carbocycles. The van der Waals surface area contributed by atoms with E-state index in [1.165, 1.54) is 4.31 Å². The fourth-order valence-electron chi connectivity index (χ4n) is 1.97. The standard InChI is InChI=1S/C10H23N3O2S/c1-3-6-12(7-4-2)16(14,15)13-8-5-10(11)9-13/h10H,3-9,11H2,1-2H3. The molecule has 16 heavy (non-hydrogen) atoms. The van der Waals surface area contributed by atoms with Crippen molar-refractivity contribution in [2.24, 2.45) is 5.73 Å². The molecule has 0 saturated carbocycles. The zero-order valence-electron chi connectivity index (χ0n) is 10.2. The van der Waals surface area contributed by atoms with Gasteiger partial charge in [0.15, 0.2) is 0 Å². The van der Waals surface area contributed by atoms with Gasteiger partial charge in [-0.3, -0.25) is 0 Å². The fraction of sp³-hybridized carbons (Fsp3) is 1.00. The molecule has 1 saturated heterocycles. The van der Waals surface area contributed by atoms with Crippen LogP contribution in [0.15, 0.2) is 0 Å². The van der Waals surface area contributed by atoms with E-state index in [2.05, 4.69) is 0 Å². The summed E-state index contributed by atoms with van der Waals surface area (Å²) in [5, 5.41) is 0. The molecule has 6 heteroatoms. The maximum atomic E-state index is 12.3. The molecule has 0 aromatic heterocycles. The smallest absolute Gasteiger partial charge is 0.282 e. The Hall–Kier alpha value is -0.170. The van der Waals surface area contributed by atoms with E-state index in [-0.39, 0.29) is 6.04 Å². The zero-order valence-corrected chi connectivity index (χ0v) is 11.0. The predicted molar refractivity (Wildman–Crippen MR) is 65.2 cm³/mol. The van der Waals surface area contributed by atoms with Crippen LogP contribution in [0.25, 0.3) is 0 Å². The van der Waals surface area contributed by atoms with Crippen molar-refractivity contribution in [1.29, 1.82) is 0 Å². The highest BCUT2D eigenvalue weighted by atomic mass is 32.2. The van der Waals surface area contributed by atoms with Crippen molar-refractivity contribution in [3.05, 3.63) is 0 Å². The Morgan fingerprint density at radius 2 is 1.88 bits per heavy atom. The molecule has 1 unspecified atom stereocenters. The van der Waals surface area contributed by atoms with Gasteiger partial charge in [-0.25, -0.2) is 0 Å². The van der Waals surface area contributed by atoms with Crippen LogP contribution in [0.1, 0.15) is 33.1 Å². The number of hydrogen-bond donors (Lipinski definition) is 1. The van der Waals surface area contributed by atoms with Gasteiger partial charge >= 0.3 is 0 Å². The van der Waals surface area contributed by atoms with Gasteiger partial charge in [0.2, 0.25) is 0 Å². The monoisotopic (exact) mass is 249 g/mol. The highest BCUT2D eigenvalue weighted by Crippen LogP contribution is 2.16. The van der Waals surface area contributed by atoms with E-state index < -0.39 is 10.2 Å². The third-order valence-corrected chi connectivity index (χ3v) is 4.79. The first-order valence-corrected chi connectivity index (χ1v) is 7.42. The average molecular weight is 249 g/mol. The molecule has 1 aliphatic rings. The second-order valence-corrected chi connectivity index (χ2v) is 6.24. The van der Waals surface area contributed by atoms with Crippen LogP contribution in [-0.2, 0) is 10.2 Å². The summed E-state index contributed by atoms with van der Waals surface area (Å²) in [4.78, 5) is 0. The zero-order chi connectivity index (χ0) is 12.2. The van der Waals surface area contributed by atoms with Gasteiger partial charge in [-0.15, -0.1) is 0 Å². The second kappa shape index (κ2) is 5.95. The Labute approximate surface area is 98.8 Å². The fourth-order valence-corrected chi connectivity index (χ4v) is 3.84. The van der Waals surface area contributed by atoms with Crippen molar-refractivity contribution < 1.29 is 8.42 Å². The van der Waals surface area contributed by atoms with Crippen LogP contribution in [0.4, 0.5) is 0 Å². The lowest BCUT2D eigenvalue weighted by atomic mass is 10.3. The molecule has 1 heterocycles. The van der Waals surface area contributed by atoms with Gasteiger partial charge in [-0.1, -0.05) is 13.8 Å². The van der Waals surface area contributed by atoms with Crippen LogP contribution in [0.3, 0.4) is 0 Å². The van der Waals surface area contributed by atoms with E-state index in [0.29, 0.717) is 26.2 Å². The van der Waals surface area contributed by atoms with Gasteiger partial charge in [-0.05, 0) is 19.3 Å². The van der Waals surface area contributed by atoms with Gasteiger partial charge in [0, 0.05) is 32.2 Å². The molecule has 0 spiro atoms. The lowest BCUT2D eigenvalue weighted by Crippen LogP contribution is -2.44. The summed E-state index contributed by atoms with van der Waals surface area (Å²) in [6, 6.07) is -0.000113. The van der Waals surface area contributed by atoms with E-state index in [4.69, 9.17) is 5.73 Å². The normalized spacial score (nSPS) is 23.1. The van der Waals surface area contributed by atoms with E-state index in [1.54, 1.807) is 4.31 Å². The van der Waals surface area contributed by atoms with Gasteiger partial charge in [0.05, 0.1) is 0 Å². The van der Waals surface area contributed by atoms with Crippen LogP contribution in [0.2, 0.25) is 0 Å². The summed E-state index contributed by atoms with van der Waals surface area (Å²) in [6.45, 7) is 6.21. The lowest BCUT2D eigenvalue weighted by Gasteiger charge is -2.26. The molecule has 5 nitrogen and oxygen atoms in total. The Morgan fingerprint density at radius 1 is 1.31 bits per heavy atom. The molecule has 1 rings (SSSR count). The van der Waals surface area contributed by atoms with Crippen molar-refractivity contribution in [3.63, 3.8) is 0 Å². The third-order valence-electron chi connectivity index (χ3n) is 2.79. The molecule has 2 N–H and O–H groups in total. The van der Waals surface area contributed by atoms with Crippen LogP contribution in [-0.4, -0.2) is 49.2 Å². The van der Waals surface area contributed by atoms with Crippen molar-refractivity contribution in [3.8, 4) is 0 Å². The van der Waals surface area contributed by atoms with Crippen molar-refractivity contribution in [2.45, 2.75) is 39.2 Å². The molecular formula is C10H23N3O2S. The summed E-state index contributed by atoms with van der Waals surface area (Å²) >= 11 is 0. The Balaban J connectivity index is 2.72. The summed E-state index contributed by atoms with van der Waals surface area (Å²) in [5.41, 5.74) is 5.75. The molecule has 1 aliphatic heterocycles. The number of nitrogens with zero attached hydrogens (tertiary/aromatic N) is 2. The Bertz CT molecular complexity index is 299. The molecule has 0 bridgehead atoms. The van der Waals surface area contributed by atoms with Gasteiger partial charge in [0.1, 0.15) is 0 Å². The van der Waals surface area contributed by atoms with Crippen LogP contribution in [0.5, 0.6) is 0 Å². The summed E-state index contributed by atoms with van der Waals surface area (Å²) in [7, 11) is -3.27. The van der Waals surface area contributed by atoms with E-state index >= 15 is 0 Å². The topological polar surface area (TPSA) is 66.6 Å². The molecule has 0 amide bonds. The molecule has 0 aliphatic carbocycles.